The van der Waals surface area contributed by atoms with Crippen LogP contribution >= 0.6 is 24.0 Å². The van der Waals surface area contributed by atoms with Gasteiger partial charge in [0.25, 0.3) is 11.5 Å². The first-order valence-corrected chi connectivity index (χ1v) is 14.1. The molecular weight excluding hydrogens is 545 g/mol. The van der Waals surface area contributed by atoms with Gasteiger partial charge in [0.15, 0.2) is 0 Å². The predicted octanol–water partition coefficient (Wildman–Crippen LogP) is 4.74. The maximum absolute atomic E-state index is 13.5. The second kappa shape index (κ2) is 11.3. The summed E-state index contributed by atoms with van der Waals surface area (Å²) in [5, 5.41) is 9.78. The first kappa shape index (κ1) is 27.6. The molecule has 204 valence electrons. The Hall–Kier alpha value is -3.94. The number of hydrogen-bond acceptors (Lipinski definition) is 7. The zero-order chi connectivity index (χ0) is 28.6. The molecule has 2 aliphatic heterocycles. The average Bonchev–Trinajstić information content (AvgIpc) is 3.21. The van der Waals surface area contributed by atoms with Crippen molar-refractivity contribution in [3.63, 3.8) is 0 Å². The van der Waals surface area contributed by atoms with Gasteiger partial charge < -0.3 is 9.80 Å². The fourth-order valence-corrected chi connectivity index (χ4v) is 6.30. The molecule has 3 aromatic rings. The number of aryl methyl sites for hydroxylation is 1. The number of anilines is 2. The second-order valence-corrected chi connectivity index (χ2v) is 11.6. The fourth-order valence-electron chi connectivity index (χ4n) is 5.07. The molecule has 0 saturated carbocycles. The lowest BCUT2D eigenvalue weighted by atomic mass is 10.0. The number of pyridine rings is 1. The van der Waals surface area contributed by atoms with Crippen molar-refractivity contribution in [2.75, 3.05) is 36.0 Å². The first-order chi connectivity index (χ1) is 19.2. The first-order valence-electron chi connectivity index (χ1n) is 12.9. The summed E-state index contributed by atoms with van der Waals surface area (Å²) in [7, 11) is 1.66. The Bertz CT molecular complexity index is 1620. The highest BCUT2D eigenvalue weighted by atomic mass is 32.2. The van der Waals surface area contributed by atoms with E-state index in [1.165, 1.54) is 28.5 Å². The van der Waals surface area contributed by atoms with Gasteiger partial charge in [0.2, 0.25) is 0 Å². The molecule has 1 aromatic heterocycles. The second-order valence-electron chi connectivity index (χ2n) is 9.92. The molecule has 0 N–H and O–H groups in total. The molecule has 2 fully saturated rings. The van der Waals surface area contributed by atoms with E-state index in [2.05, 4.69) is 15.9 Å². The highest BCUT2D eigenvalue weighted by Gasteiger charge is 2.33. The van der Waals surface area contributed by atoms with Crippen LogP contribution in [0.5, 0.6) is 0 Å². The fraction of sp³-hybridized carbons (Fsp3) is 0.267. The predicted molar refractivity (Wildman–Crippen MR) is 162 cm³/mol. The van der Waals surface area contributed by atoms with Crippen molar-refractivity contribution in [1.29, 1.82) is 5.26 Å². The van der Waals surface area contributed by atoms with Crippen LogP contribution in [-0.2, 0) is 18.4 Å². The number of rotatable bonds is 5. The number of nitrogens with zero attached hydrogens (tertiary/aromatic N) is 5. The number of piperazine rings is 1. The lowest BCUT2D eigenvalue weighted by Gasteiger charge is -2.38. The van der Waals surface area contributed by atoms with Crippen molar-refractivity contribution < 1.29 is 9.18 Å². The maximum atomic E-state index is 13.5. The Morgan fingerprint density at radius 1 is 1.00 bits per heavy atom. The van der Waals surface area contributed by atoms with Crippen molar-refractivity contribution in [2.24, 2.45) is 7.05 Å². The Labute approximate surface area is 242 Å². The summed E-state index contributed by atoms with van der Waals surface area (Å²) < 4.78 is 15.4. The standard InChI is InChI=1S/C30H28FN5O2S2/c1-19-4-6-21(7-5-19)18-36-29(38)26(40-30(36)39)16-24-20(2)25(17-32)28(37)33(3)27(24)35-14-12-34(13-15-35)23-10-8-22(31)9-11-23/h4-11,16H,12-15,18H2,1-3H3. The number of halogens is 1. The van der Waals surface area contributed by atoms with E-state index in [1.54, 1.807) is 37.1 Å². The zero-order valence-electron chi connectivity index (χ0n) is 22.5. The van der Waals surface area contributed by atoms with E-state index < -0.39 is 0 Å². The molecule has 0 unspecified atom stereocenters. The third-order valence-electron chi connectivity index (χ3n) is 7.35. The van der Waals surface area contributed by atoms with Crippen LogP contribution in [-0.4, -0.2) is 45.9 Å². The molecule has 2 saturated heterocycles. The van der Waals surface area contributed by atoms with Gasteiger partial charge in [-0.1, -0.05) is 53.8 Å². The molecule has 5 rings (SSSR count). The van der Waals surface area contributed by atoms with Gasteiger partial charge in [0.05, 0.1) is 11.4 Å². The van der Waals surface area contributed by atoms with Gasteiger partial charge in [-0.2, -0.15) is 5.26 Å². The number of thioether (sulfide) groups is 1. The van der Waals surface area contributed by atoms with Crippen LogP contribution in [0.4, 0.5) is 15.9 Å². The number of amides is 1. The molecule has 0 radical (unpaired) electrons. The zero-order valence-corrected chi connectivity index (χ0v) is 24.1. The molecular formula is C30H28FN5O2S2. The van der Waals surface area contributed by atoms with Crippen molar-refractivity contribution in [1.82, 2.24) is 9.47 Å². The maximum Gasteiger partial charge on any atom is 0.270 e. The molecule has 0 atom stereocenters. The molecule has 10 heteroatoms. The molecule has 2 aromatic carbocycles. The van der Waals surface area contributed by atoms with Crippen molar-refractivity contribution in [2.45, 2.75) is 20.4 Å². The molecule has 0 bridgehead atoms. The number of aromatic nitrogens is 1. The molecule has 7 nitrogen and oxygen atoms in total. The smallest absolute Gasteiger partial charge is 0.270 e. The van der Waals surface area contributed by atoms with E-state index in [1.807, 2.05) is 31.2 Å². The minimum absolute atomic E-state index is 0.0533. The summed E-state index contributed by atoms with van der Waals surface area (Å²) >= 11 is 6.80. The third kappa shape index (κ3) is 5.27. The molecule has 2 aliphatic rings. The van der Waals surface area contributed by atoms with E-state index in [0.717, 1.165) is 16.8 Å². The molecule has 0 aliphatic carbocycles. The summed E-state index contributed by atoms with van der Waals surface area (Å²) in [6.07, 6.45) is 1.77. The molecule has 1 amide bonds. The van der Waals surface area contributed by atoms with Gasteiger partial charge in [0.1, 0.15) is 27.6 Å². The largest absolute Gasteiger partial charge is 0.368 e. The van der Waals surface area contributed by atoms with Crippen LogP contribution in [0.2, 0.25) is 0 Å². The van der Waals surface area contributed by atoms with Crippen molar-refractivity contribution >= 4 is 51.8 Å². The van der Waals surface area contributed by atoms with Gasteiger partial charge >= 0.3 is 0 Å². The van der Waals surface area contributed by atoms with Gasteiger partial charge in [-0.25, -0.2) is 4.39 Å². The number of carbonyl (C=O) groups is 1. The number of thiocarbonyl (C=S) groups is 1. The van der Waals surface area contributed by atoms with E-state index in [9.17, 15) is 19.2 Å². The summed E-state index contributed by atoms with van der Waals surface area (Å²) in [4.78, 5) is 32.9. The quantitative estimate of drug-likeness (QED) is 0.323. The Kier molecular flexibility index (Phi) is 7.79. The summed E-state index contributed by atoms with van der Waals surface area (Å²) in [6.45, 7) is 6.66. The lowest BCUT2D eigenvalue weighted by molar-refractivity contribution is -0.122. The lowest BCUT2D eigenvalue weighted by Crippen LogP contribution is -2.48. The van der Waals surface area contributed by atoms with Crippen LogP contribution in [0, 0.1) is 31.0 Å². The van der Waals surface area contributed by atoms with Crippen LogP contribution in [0.15, 0.2) is 58.2 Å². The SMILES string of the molecule is Cc1ccc(CN2C(=O)C(=Cc3c(C)c(C#N)c(=O)n(C)c3N3CCN(c4ccc(F)cc4)CC3)SC2=S)cc1. The van der Waals surface area contributed by atoms with Gasteiger partial charge in [-0.15, -0.1) is 0 Å². The Morgan fingerprint density at radius 3 is 2.25 bits per heavy atom. The van der Waals surface area contributed by atoms with E-state index in [0.29, 0.717) is 58.9 Å². The van der Waals surface area contributed by atoms with Crippen molar-refractivity contribution in [3.05, 3.63) is 97.4 Å². The van der Waals surface area contributed by atoms with Crippen LogP contribution in [0.3, 0.4) is 0 Å². The van der Waals surface area contributed by atoms with Crippen LogP contribution < -0.4 is 15.4 Å². The highest BCUT2D eigenvalue weighted by molar-refractivity contribution is 8.26. The average molecular weight is 574 g/mol. The monoisotopic (exact) mass is 573 g/mol. The summed E-state index contributed by atoms with van der Waals surface area (Å²) in [5.74, 6) is 0.179. The van der Waals surface area contributed by atoms with E-state index >= 15 is 0 Å². The van der Waals surface area contributed by atoms with Crippen LogP contribution in [0.25, 0.3) is 6.08 Å². The minimum Gasteiger partial charge on any atom is -0.368 e. The molecule has 0 spiro atoms. The van der Waals surface area contributed by atoms with Gasteiger partial charge in [-0.3, -0.25) is 19.1 Å². The van der Waals surface area contributed by atoms with E-state index in [-0.39, 0.29) is 22.8 Å². The molecule has 3 heterocycles. The van der Waals surface area contributed by atoms with Gasteiger partial charge in [0, 0.05) is 44.5 Å². The number of carbonyl (C=O) groups excluding carboxylic acids is 1. The Morgan fingerprint density at radius 2 is 1.62 bits per heavy atom. The number of benzene rings is 2. The number of hydrogen-bond donors (Lipinski definition) is 0. The van der Waals surface area contributed by atoms with Crippen LogP contribution in [0.1, 0.15) is 27.8 Å². The molecule has 40 heavy (non-hydrogen) atoms. The van der Waals surface area contributed by atoms with Crippen molar-refractivity contribution in [3.8, 4) is 6.07 Å². The summed E-state index contributed by atoms with van der Waals surface area (Å²) in [6, 6.07) is 16.4. The minimum atomic E-state index is -0.375. The van der Waals surface area contributed by atoms with Gasteiger partial charge in [-0.05, 0) is 55.3 Å². The topological polar surface area (TPSA) is 72.6 Å². The third-order valence-corrected chi connectivity index (χ3v) is 8.73. The summed E-state index contributed by atoms with van der Waals surface area (Å²) in [5.41, 5.74) is 3.92. The van der Waals surface area contributed by atoms with E-state index in [4.69, 9.17) is 12.2 Å². The highest BCUT2D eigenvalue weighted by Crippen LogP contribution is 2.36. The number of nitriles is 1. The normalized spacial score (nSPS) is 16.7. The Balaban J connectivity index is 1.48.